The summed E-state index contributed by atoms with van der Waals surface area (Å²) in [5.41, 5.74) is 0. The van der Waals surface area contributed by atoms with Gasteiger partial charge in [-0.05, 0) is 12.8 Å². The highest BCUT2D eigenvalue weighted by molar-refractivity contribution is 5.87. The number of nitrogens with one attached hydrogen (secondary N) is 1. The Labute approximate surface area is 118 Å². The van der Waals surface area contributed by atoms with Crippen molar-refractivity contribution in [2.45, 2.75) is 32.7 Å². The Morgan fingerprint density at radius 3 is 2.35 bits per heavy atom. The van der Waals surface area contributed by atoms with E-state index in [1.807, 2.05) is 0 Å². The molecule has 1 fully saturated rings. The van der Waals surface area contributed by atoms with Crippen LogP contribution in [0.3, 0.4) is 0 Å². The lowest BCUT2D eigenvalue weighted by Crippen LogP contribution is -2.50. The first-order chi connectivity index (χ1) is 9.40. The minimum atomic E-state index is -0.928. The van der Waals surface area contributed by atoms with Crippen LogP contribution in [0, 0.1) is 5.92 Å². The molecular weight excluding hydrogens is 264 g/mol. The van der Waals surface area contributed by atoms with E-state index in [9.17, 15) is 14.4 Å². The Kier molecular flexibility index (Phi) is 6.44. The zero-order valence-electron chi connectivity index (χ0n) is 11.9. The van der Waals surface area contributed by atoms with Crippen LogP contribution in [0.5, 0.6) is 0 Å². The van der Waals surface area contributed by atoms with Crippen molar-refractivity contribution < 1.29 is 24.2 Å². The molecule has 0 bridgehead atoms. The second-order valence-corrected chi connectivity index (χ2v) is 5.13. The Balaban J connectivity index is 2.36. The van der Waals surface area contributed by atoms with Crippen molar-refractivity contribution in [2.75, 3.05) is 26.3 Å². The summed E-state index contributed by atoms with van der Waals surface area (Å²) in [6.07, 6.45) is 0.0479. The number of ether oxygens (including phenoxy) is 1. The predicted molar refractivity (Wildman–Crippen MR) is 71.0 cm³/mol. The SMILES string of the molecule is CC(CC(=O)O)CC(=O)NC(C)C(=O)N1CCOCC1. The number of amides is 2. The van der Waals surface area contributed by atoms with Gasteiger partial charge in [0.05, 0.1) is 13.2 Å². The van der Waals surface area contributed by atoms with Crippen molar-refractivity contribution in [2.24, 2.45) is 5.92 Å². The van der Waals surface area contributed by atoms with Crippen LogP contribution in [-0.2, 0) is 19.1 Å². The molecule has 0 aromatic carbocycles. The summed E-state index contributed by atoms with van der Waals surface area (Å²) in [4.78, 5) is 36.0. The molecule has 2 amide bonds. The summed E-state index contributed by atoms with van der Waals surface area (Å²) in [7, 11) is 0. The molecule has 7 heteroatoms. The third-order valence-electron chi connectivity index (χ3n) is 3.13. The number of hydrogen-bond donors (Lipinski definition) is 2. The Bertz CT molecular complexity index is 366. The topological polar surface area (TPSA) is 95.9 Å². The minimum absolute atomic E-state index is 0.0563. The van der Waals surface area contributed by atoms with Gasteiger partial charge in [0.15, 0.2) is 0 Å². The highest BCUT2D eigenvalue weighted by Crippen LogP contribution is 2.08. The molecule has 1 rings (SSSR count). The number of nitrogens with zero attached hydrogens (tertiary/aromatic N) is 1. The van der Waals surface area contributed by atoms with E-state index in [-0.39, 0.29) is 30.6 Å². The molecule has 0 aromatic rings. The Morgan fingerprint density at radius 2 is 1.80 bits per heavy atom. The highest BCUT2D eigenvalue weighted by atomic mass is 16.5. The van der Waals surface area contributed by atoms with E-state index in [2.05, 4.69) is 5.32 Å². The molecule has 0 radical (unpaired) electrons. The number of carboxylic acid groups (broad SMARTS) is 1. The van der Waals surface area contributed by atoms with Crippen molar-refractivity contribution in [1.29, 1.82) is 0 Å². The number of carbonyl (C=O) groups excluding carboxylic acids is 2. The standard InChI is InChI=1S/C13H22N2O5/c1-9(8-12(17)18)7-11(16)14-10(2)13(19)15-3-5-20-6-4-15/h9-10H,3-8H2,1-2H3,(H,14,16)(H,17,18). The fourth-order valence-electron chi connectivity index (χ4n) is 2.11. The first-order valence-electron chi connectivity index (χ1n) is 6.78. The summed E-state index contributed by atoms with van der Waals surface area (Å²) in [6.45, 7) is 5.44. The van der Waals surface area contributed by atoms with E-state index in [1.165, 1.54) is 0 Å². The monoisotopic (exact) mass is 286 g/mol. The van der Waals surface area contributed by atoms with E-state index in [0.29, 0.717) is 26.3 Å². The maximum absolute atomic E-state index is 12.1. The highest BCUT2D eigenvalue weighted by Gasteiger charge is 2.24. The first kappa shape index (κ1) is 16.4. The van der Waals surface area contributed by atoms with Crippen molar-refractivity contribution in [3.05, 3.63) is 0 Å². The second kappa shape index (κ2) is 7.84. The van der Waals surface area contributed by atoms with Gasteiger partial charge in [0.1, 0.15) is 6.04 Å². The Morgan fingerprint density at radius 1 is 1.20 bits per heavy atom. The van der Waals surface area contributed by atoms with Gasteiger partial charge < -0.3 is 20.1 Å². The van der Waals surface area contributed by atoms with Crippen molar-refractivity contribution in [3.8, 4) is 0 Å². The molecule has 2 unspecified atom stereocenters. The van der Waals surface area contributed by atoms with E-state index in [4.69, 9.17) is 9.84 Å². The lowest BCUT2D eigenvalue weighted by molar-refractivity contribution is -0.140. The van der Waals surface area contributed by atoms with E-state index < -0.39 is 12.0 Å². The number of carboxylic acids is 1. The molecule has 20 heavy (non-hydrogen) atoms. The smallest absolute Gasteiger partial charge is 0.303 e. The third kappa shape index (κ3) is 5.56. The zero-order chi connectivity index (χ0) is 15.1. The Hall–Kier alpha value is -1.63. The molecule has 114 valence electrons. The molecule has 0 saturated carbocycles. The normalized spacial score (nSPS) is 18.2. The van der Waals surface area contributed by atoms with Gasteiger partial charge in [-0.1, -0.05) is 6.92 Å². The summed E-state index contributed by atoms with van der Waals surface area (Å²) in [6, 6.07) is -0.599. The molecular formula is C13H22N2O5. The number of carbonyl (C=O) groups is 3. The van der Waals surface area contributed by atoms with Crippen molar-refractivity contribution >= 4 is 17.8 Å². The largest absolute Gasteiger partial charge is 0.481 e. The number of morpholine rings is 1. The van der Waals surface area contributed by atoms with Crippen molar-refractivity contribution in [3.63, 3.8) is 0 Å². The fourth-order valence-corrected chi connectivity index (χ4v) is 2.11. The lowest BCUT2D eigenvalue weighted by Gasteiger charge is -2.29. The number of rotatable bonds is 6. The third-order valence-corrected chi connectivity index (χ3v) is 3.13. The molecule has 0 aliphatic carbocycles. The molecule has 2 N–H and O–H groups in total. The van der Waals surface area contributed by atoms with Gasteiger partial charge in [-0.25, -0.2) is 0 Å². The number of hydrogen-bond acceptors (Lipinski definition) is 4. The zero-order valence-corrected chi connectivity index (χ0v) is 11.9. The summed E-state index contributed by atoms with van der Waals surface area (Å²) >= 11 is 0. The van der Waals surface area contributed by atoms with Crippen LogP contribution < -0.4 is 5.32 Å². The lowest BCUT2D eigenvalue weighted by atomic mass is 10.0. The molecule has 1 aliphatic heterocycles. The van der Waals surface area contributed by atoms with Crippen LogP contribution in [0.4, 0.5) is 0 Å². The van der Waals surface area contributed by atoms with E-state index >= 15 is 0 Å². The fraction of sp³-hybridized carbons (Fsp3) is 0.769. The molecule has 1 saturated heterocycles. The van der Waals surface area contributed by atoms with Gasteiger partial charge in [-0.15, -0.1) is 0 Å². The minimum Gasteiger partial charge on any atom is -0.481 e. The molecule has 2 atom stereocenters. The number of aliphatic carboxylic acids is 1. The quantitative estimate of drug-likeness (QED) is 0.708. The van der Waals surface area contributed by atoms with Crippen LogP contribution in [-0.4, -0.2) is 60.1 Å². The predicted octanol–water partition coefficient (Wildman–Crippen LogP) is -0.149. The summed E-state index contributed by atoms with van der Waals surface area (Å²) in [5, 5.41) is 11.2. The van der Waals surface area contributed by atoms with Gasteiger partial charge in [0.25, 0.3) is 0 Å². The van der Waals surface area contributed by atoms with Crippen LogP contribution in [0.1, 0.15) is 26.7 Å². The molecule has 1 aliphatic rings. The summed E-state index contributed by atoms with van der Waals surface area (Å²) in [5.74, 6) is -1.61. The van der Waals surface area contributed by atoms with Crippen LogP contribution in [0.15, 0.2) is 0 Å². The van der Waals surface area contributed by atoms with E-state index in [1.54, 1.807) is 18.7 Å². The molecule has 0 spiro atoms. The van der Waals surface area contributed by atoms with Crippen molar-refractivity contribution in [1.82, 2.24) is 10.2 Å². The molecule has 7 nitrogen and oxygen atoms in total. The van der Waals surface area contributed by atoms with Crippen LogP contribution >= 0.6 is 0 Å². The average Bonchev–Trinajstić information content (AvgIpc) is 2.37. The molecule has 0 aromatic heterocycles. The average molecular weight is 286 g/mol. The van der Waals surface area contributed by atoms with Gasteiger partial charge in [-0.3, -0.25) is 14.4 Å². The molecule has 1 heterocycles. The van der Waals surface area contributed by atoms with Crippen LogP contribution in [0.2, 0.25) is 0 Å². The van der Waals surface area contributed by atoms with Gasteiger partial charge in [0.2, 0.25) is 11.8 Å². The van der Waals surface area contributed by atoms with E-state index in [0.717, 1.165) is 0 Å². The first-order valence-corrected chi connectivity index (χ1v) is 6.78. The van der Waals surface area contributed by atoms with Gasteiger partial charge >= 0.3 is 5.97 Å². The van der Waals surface area contributed by atoms with Crippen LogP contribution in [0.25, 0.3) is 0 Å². The second-order valence-electron chi connectivity index (χ2n) is 5.13. The maximum Gasteiger partial charge on any atom is 0.303 e. The van der Waals surface area contributed by atoms with Gasteiger partial charge in [-0.2, -0.15) is 0 Å². The summed E-state index contributed by atoms with van der Waals surface area (Å²) < 4.78 is 5.16. The maximum atomic E-state index is 12.1. The van der Waals surface area contributed by atoms with Gasteiger partial charge in [0, 0.05) is 25.9 Å².